The maximum atomic E-state index is 13.3. The highest BCUT2D eigenvalue weighted by Gasteiger charge is 2.43. The van der Waals surface area contributed by atoms with Crippen LogP contribution in [0, 0.1) is 12.8 Å². The van der Waals surface area contributed by atoms with E-state index in [2.05, 4.69) is 15.5 Å². The summed E-state index contributed by atoms with van der Waals surface area (Å²) in [7, 11) is -3.72. The van der Waals surface area contributed by atoms with Crippen molar-refractivity contribution in [3.63, 3.8) is 0 Å². The molecule has 0 bridgehead atoms. The fraction of sp³-hybridized carbons (Fsp3) is 0.364. The van der Waals surface area contributed by atoms with Crippen molar-refractivity contribution in [2.75, 3.05) is 18.8 Å². The summed E-state index contributed by atoms with van der Waals surface area (Å²) < 4.78 is 29.7. The number of carbonyl (C=O) groups excluding carboxylic acids is 1. The molecule has 1 aromatic heterocycles. The van der Waals surface area contributed by atoms with Crippen LogP contribution in [0.3, 0.4) is 0 Å². The molecular formula is C22H26N6O3S2. The molecule has 3 aromatic rings. The summed E-state index contributed by atoms with van der Waals surface area (Å²) >= 11 is 1.23. The molecule has 2 aromatic carbocycles. The summed E-state index contributed by atoms with van der Waals surface area (Å²) in [5.41, 5.74) is 1.79. The Balaban J connectivity index is 1.50. The Morgan fingerprint density at radius 2 is 1.79 bits per heavy atom. The number of thioether (sulfide) groups is 1. The molecule has 0 unspecified atom stereocenters. The minimum Gasteiger partial charge on any atom is -0.324 e. The molecule has 1 saturated heterocycles. The zero-order valence-electron chi connectivity index (χ0n) is 18.7. The summed E-state index contributed by atoms with van der Waals surface area (Å²) in [5, 5.41) is 12.3. The minimum absolute atomic E-state index is 0.0729. The lowest BCUT2D eigenvalue weighted by Gasteiger charge is -2.32. The third-order valence-electron chi connectivity index (χ3n) is 5.49. The smallest absolute Gasteiger partial charge is 0.244 e. The van der Waals surface area contributed by atoms with Gasteiger partial charge in [-0.25, -0.2) is 8.42 Å². The van der Waals surface area contributed by atoms with Crippen LogP contribution in [0.1, 0.15) is 19.4 Å². The van der Waals surface area contributed by atoms with Crippen molar-refractivity contribution >= 4 is 27.7 Å². The van der Waals surface area contributed by atoms with Crippen molar-refractivity contribution in [2.45, 2.75) is 37.0 Å². The van der Waals surface area contributed by atoms with E-state index in [1.54, 1.807) is 33.8 Å². The molecule has 0 saturated carbocycles. The highest BCUT2D eigenvalue weighted by atomic mass is 32.2. The summed E-state index contributed by atoms with van der Waals surface area (Å²) in [4.78, 5) is 15.1. The van der Waals surface area contributed by atoms with Gasteiger partial charge in [-0.15, -0.1) is 5.10 Å². The van der Waals surface area contributed by atoms with E-state index in [4.69, 9.17) is 0 Å². The molecule has 9 nitrogen and oxygen atoms in total. The van der Waals surface area contributed by atoms with E-state index < -0.39 is 16.2 Å². The van der Waals surface area contributed by atoms with Crippen LogP contribution < -0.4 is 0 Å². The molecule has 174 valence electrons. The zero-order valence-corrected chi connectivity index (χ0v) is 20.3. The van der Waals surface area contributed by atoms with Crippen molar-refractivity contribution in [1.29, 1.82) is 0 Å². The molecule has 0 radical (unpaired) electrons. The van der Waals surface area contributed by atoms with Crippen LogP contribution in [0.2, 0.25) is 0 Å². The monoisotopic (exact) mass is 486 g/mol. The third kappa shape index (κ3) is 4.80. The molecular weight excluding hydrogens is 460 g/mol. The lowest BCUT2D eigenvalue weighted by atomic mass is 10.1. The number of nitrogens with zero attached hydrogens (tertiary/aromatic N) is 6. The van der Waals surface area contributed by atoms with E-state index in [0.717, 1.165) is 11.3 Å². The summed E-state index contributed by atoms with van der Waals surface area (Å²) in [5.74, 6) is -0.117. The van der Waals surface area contributed by atoms with E-state index in [1.807, 2.05) is 51.1 Å². The first-order valence-electron chi connectivity index (χ1n) is 10.6. The molecule has 1 aliphatic heterocycles. The van der Waals surface area contributed by atoms with Gasteiger partial charge < -0.3 is 4.90 Å². The van der Waals surface area contributed by atoms with Crippen LogP contribution in [0.15, 0.2) is 64.6 Å². The van der Waals surface area contributed by atoms with Crippen LogP contribution >= 0.6 is 11.8 Å². The summed E-state index contributed by atoms with van der Waals surface area (Å²) in [6.45, 7) is 6.37. The van der Waals surface area contributed by atoms with Gasteiger partial charge in [-0.2, -0.15) is 8.99 Å². The maximum Gasteiger partial charge on any atom is 0.244 e. The quantitative estimate of drug-likeness (QED) is 0.473. The first kappa shape index (κ1) is 23.4. The highest BCUT2D eigenvalue weighted by molar-refractivity contribution is 7.99. The largest absolute Gasteiger partial charge is 0.324 e. The van der Waals surface area contributed by atoms with Gasteiger partial charge in [0.1, 0.15) is 6.17 Å². The second-order valence-corrected chi connectivity index (χ2v) is 11.0. The van der Waals surface area contributed by atoms with Gasteiger partial charge in [-0.3, -0.25) is 4.79 Å². The Kier molecular flexibility index (Phi) is 6.82. The van der Waals surface area contributed by atoms with Gasteiger partial charge in [0.05, 0.1) is 16.3 Å². The van der Waals surface area contributed by atoms with Crippen molar-refractivity contribution < 1.29 is 13.2 Å². The molecule has 0 N–H and O–H groups in total. The normalized spacial score (nSPS) is 17.1. The lowest BCUT2D eigenvalue weighted by molar-refractivity contribution is -0.130. The topological polar surface area (TPSA) is 101 Å². The number of rotatable bonds is 7. The molecule has 1 amide bonds. The Bertz CT molecular complexity index is 1210. The molecule has 2 heterocycles. The van der Waals surface area contributed by atoms with E-state index in [0.29, 0.717) is 11.7 Å². The van der Waals surface area contributed by atoms with Gasteiger partial charge in [0.2, 0.25) is 21.1 Å². The Hall–Kier alpha value is -2.76. The maximum absolute atomic E-state index is 13.3. The number of aryl methyl sites for hydroxylation is 1. The Morgan fingerprint density at radius 1 is 1.09 bits per heavy atom. The highest BCUT2D eigenvalue weighted by Crippen LogP contribution is 2.30. The fourth-order valence-electron chi connectivity index (χ4n) is 3.91. The average Bonchev–Trinajstić information content (AvgIpc) is 3.46. The van der Waals surface area contributed by atoms with Gasteiger partial charge >= 0.3 is 0 Å². The van der Waals surface area contributed by atoms with Crippen molar-refractivity contribution in [1.82, 2.24) is 29.4 Å². The van der Waals surface area contributed by atoms with Crippen molar-refractivity contribution in [3.05, 3.63) is 60.2 Å². The first-order chi connectivity index (χ1) is 15.8. The number of amides is 1. The predicted octanol–water partition coefficient (Wildman–Crippen LogP) is 2.58. The van der Waals surface area contributed by atoms with Crippen molar-refractivity contribution in [3.8, 4) is 5.69 Å². The van der Waals surface area contributed by atoms with Gasteiger partial charge in [-0.1, -0.05) is 61.5 Å². The van der Waals surface area contributed by atoms with Gasteiger partial charge in [0, 0.05) is 13.1 Å². The van der Waals surface area contributed by atoms with Crippen LogP contribution in [0.5, 0.6) is 0 Å². The van der Waals surface area contributed by atoms with Gasteiger partial charge in [-0.05, 0) is 47.5 Å². The third-order valence-corrected chi connectivity index (χ3v) is 8.27. The second-order valence-electron chi connectivity index (χ2n) is 8.17. The summed E-state index contributed by atoms with van der Waals surface area (Å²) in [6.07, 6.45) is -0.547. The second kappa shape index (κ2) is 9.62. The molecule has 4 rings (SSSR count). The van der Waals surface area contributed by atoms with Gasteiger partial charge in [0.15, 0.2) is 0 Å². The molecule has 0 spiro atoms. The molecule has 33 heavy (non-hydrogen) atoms. The fourth-order valence-corrected chi connectivity index (χ4v) is 6.40. The van der Waals surface area contributed by atoms with E-state index in [1.165, 1.54) is 16.1 Å². The number of tetrazole rings is 1. The zero-order chi connectivity index (χ0) is 23.6. The van der Waals surface area contributed by atoms with E-state index in [9.17, 15) is 13.2 Å². The minimum atomic E-state index is -3.72. The SMILES string of the molecule is Cc1ccc(S(=O)(=O)N2CCN(C(=O)CSc3nnnn3-c3ccccc3)[C@H]2C(C)C)cc1. The number of hydrogen-bond acceptors (Lipinski definition) is 7. The predicted molar refractivity (Wildman–Crippen MR) is 125 cm³/mol. The molecule has 0 aliphatic carbocycles. The molecule has 1 aliphatic rings. The van der Waals surface area contributed by atoms with Crippen LogP contribution in [-0.2, 0) is 14.8 Å². The molecule has 11 heteroatoms. The number of carbonyl (C=O) groups is 1. The molecule has 1 fully saturated rings. The standard InChI is InChI=1S/C22H26N6O3S2/c1-16(2)21-26(13-14-27(21)33(30,31)19-11-9-17(3)10-12-19)20(29)15-32-22-23-24-25-28(22)18-7-5-4-6-8-18/h4-12,16,21H,13-15H2,1-3H3/t21-/m1/s1. The van der Waals surface area contributed by atoms with Crippen LogP contribution in [-0.4, -0.2) is 68.7 Å². The average molecular weight is 487 g/mol. The number of hydrogen-bond donors (Lipinski definition) is 0. The number of para-hydroxylation sites is 1. The summed E-state index contributed by atoms with van der Waals surface area (Å²) in [6, 6.07) is 16.2. The number of sulfonamides is 1. The number of benzene rings is 2. The van der Waals surface area contributed by atoms with Gasteiger partial charge in [0.25, 0.3) is 0 Å². The van der Waals surface area contributed by atoms with Crippen LogP contribution in [0.4, 0.5) is 0 Å². The Labute approximate surface area is 197 Å². The lowest BCUT2D eigenvalue weighted by Crippen LogP contribution is -2.48. The van der Waals surface area contributed by atoms with Crippen LogP contribution in [0.25, 0.3) is 5.69 Å². The number of aromatic nitrogens is 4. The Morgan fingerprint density at radius 3 is 2.45 bits per heavy atom. The van der Waals surface area contributed by atoms with Crippen molar-refractivity contribution in [2.24, 2.45) is 5.92 Å². The van der Waals surface area contributed by atoms with E-state index in [-0.39, 0.29) is 29.0 Å². The first-order valence-corrected chi connectivity index (χ1v) is 13.1. The molecule has 1 atom stereocenters. The van der Waals surface area contributed by atoms with E-state index >= 15 is 0 Å².